The molecule has 0 spiro atoms. The van der Waals surface area contributed by atoms with Crippen LogP contribution in [0.1, 0.15) is 25.7 Å². The van der Waals surface area contributed by atoms with Crippen molar-refractivity contribution in [3.63, 3.8) is 0 Å². The average Bonchev–Trinajstić information content (AvgIpc) is 1.62. The van der Waals surface area contributed by atoms with Gasteiger partial charge in [0.2, 0.25) is 0 Å². The van der Waals surface area contributed by atoms with Gasteiger partial charge < -0.3 is 34.0 Å². The molecule has 1 rings (SSSR count). The van der Waals surface area contributed by atoms with Crippen LogP contribution in [0, 0.1) is 0 Å². The van der Waals surface area contributed by atoms with Crippen molar-refractivity contribution in [2.45, 2.75) is 25.7 Å². The molecule has 0 fully saturated rings. The van der Waals surface area contributed by atoms with Gasteiger partial charge in [0.25, 0.3) is 0 Å². The van der Waals surface area contributed by atoms with Gasteiger partial charge in [-0.25, -0.2) is 0 Å². The summed E-state index contributed by atoms with van der Waals surface area (Å²) in [7, 11) is 0. The molecule has 0 heterocycles. The van der Waals surface area contributed by atoms with Crippen LogP contribution in [0.5, 0.6) is 0 Å². The molecule has 0 saturated heterocycles. The third kappa shape index (κ3) is 11.1. The third-order valence-corrected chi connectivity index (χ3v) is 1.33. The number of hydrogen-bond donors (Lipinski definition) is 0. The molecule has 0 aromatic rings. The Balaban J connectivity index is -0.000000213. The van der Waals surface area contributed by atoms with Crippen LogP contribution in [0.25, 0.3) is 0 Å². The van der Waals surface area contributed by atoms with Crippen LogP contribution in [0.4, 0.5) is 0 Å². The second-order valence-corrected chi connectivity index (χ2v) is 2.10. The predicted octanol–water partition coefficient (Wildman–Crippen LogP) is -3.32. The van der Waals surface area contributed by atoms with Crippen LogP contribution < -0.4 is 34.0 Å². The standard InChI is InChI=1S/C8H12.2BrH.Pd/c1-2-4-6-8-7-5-3-1;;;/h1-2,7-8H,3-6H2;2*1H;/q;;;+2/p-2/b2-1-,8-7-;;;. The van der Waals surface area contributed by atoms with Crippen molar-refractivity contribution in [2.24, 2.45) is 0 Å². The molecule has 68 valence electrons. The molecule has 0 aliphatic heterocycles. The van der Waals surface area contributed by atoms with Gasteiger partial charge in [-0.05, 0) is 25.7 Å². The van der Waals surface area contributed by atoms with E-state index in [2.05, 4.69) is 24.3 Å². The van der Waals surface area contributed by atoms with E-state index in [1.807, 2.05) is 0 Å². The minimum absolute atomic E-state index is 0. The van der Waals surface area contributed by atoms with Crippen LogP contribution in [0.2, 0.25) is 0 Å². The molecule has 3 heteroatoms. The predicted molar refractivity (Wildman–Crippen MR) is 36.7 cm³/mol. The maximum absolute atomic E-state index is 2.27. The monoisotopic (exact) mass is 372 g/mol. The van der Waals surface area contributed by atoms with E-state index in [1.54, 1.807) is 0 Å². The van der Waals surface area contributed by atoms with Crippen molar-refractivity contribution in [2.75, 3.05) is 0 Å². The first-order chi connectivity index (χ1) is 4.00. The van der Waals surface area contributed by atoms with Gasteiger partial charge in [-0.2, -0.15) is 0 Å². The van der Waals surface area contributed by atoms with E-state index in [0.717, 1.165) is 0 Å². The summed E-state index contributed by atoms with van der Waals surface area (Å²) in [5.41, 5.74) is 0. The van der Waals surface area contributed by atoms with E-state index >= 15 is 0 Å². The van der Waals surface area contributed by atoms with E-state index in [9.17, 15) is 0 Å². The molecule has 0 radical (unpaired) electrons. The van der Waals surface area contributed by atoms with Crippen LogP contribution in [0.3, 0.4) is 0 Å². The first-order valence-electron chi connectivity index (χ1n) is 3.30. The van der Waals surface area contributed by atoms with E-state index in [4.69, 9.17) is 0 Å². The van der Waals surface area contributed by atoms with Crippen molar-refractivity contribution < 1.29 is 54.4 Å². The number of halogens is 2. The van der Waals surface area contributed by atoms with Crippen LogP contribution in [-0.2, 0) is 20.4 Å². The second-order valence-electron chi connectivity index (χ2n) is 2.10. The molecule has 11 heavy (non-hydrogen) atoms. The molecule has 0 N–H and O–H groups in total. The normalized spacial score (nSPS) is 20.4. The zero-order valence-corrected chi connectivity index (χ0v) is 10.9. The first-order valence-corrected chi connectivity index (χ1v) is 3.30. The Bertz CT molecular complexity index is 84.7. The van der Waals surface area contributed by atoms with E-state index < -0.39 is 0 Å². The summed E-state index contributed by atoms with van der Waals surface area (Å²) in [4.78, 5) is 0. The largest absolute Gasteiger partial charge is 2.00 e. The van der Waals surface area contributed by atoms with Crippen molar-refractivity contribution in [3.05, 3.63) is 24.3 Å². The molecule has 1 aliphatic rings. The Morgan fingerprint density at radius 3 is 0.909 bits per heavy atom. The fraction of sp³-hybridized carbons (Fsp3) is 0.500. The number of rotatable bonds is 0. The SMILES string of the molecule is C1=C\CC/C=C\CC/1.[Br-].[Br-].[Pd+2]. The molecule has 0 atom stereocenters. The van der Waals surface area contributed by atoms with E-state index in [1.165, 1.54) is 25.7 Å². The Morgan fingerprint density at radius 2 is 0.727 bits per heavy atom. The molecule has 0 aromatic carbocycles. The van der Waals surface area contributed by atoms with Gasteiger partial charge in [0, 0.05) is 0 Å². The Kier molecular flexibility index (Phi) is 22.4. The third-order valence-electron chi connectivity index (χ3n) is 1.33. The van der Waals surface area contributed by atoms with Crippen molar-refractivity contribution in [1.29, 1.82) is 0 Å². The summed E-state index contributed by atoms with van der Waals surface area (Å²) in [5, 5.41) is 0. The minimum Gasteiger partial charge on any atom is -1.00 e. The molecular weight excluding hydrogens is 362 g/mol. The minimum atomic E-state index is 0. The van der Waals surface area contributed by atoms with Crippen molar-refractivity contribution in [1.82, 2.24) is 0 Å². The van der Waals surface area contributed by atoms with Crippen LogP contribution in [0.15, 0.2) is 24.3 Å². The van der Waals surface area contributed by atoms with Gasteiger partial charge in [0.15, 0.2) is 0 Å². The van der Waals surface area contributed by atoms with Gasteiger partial charge in [-0.3, -0.25) is 0 Å². The first kappa shape index (κ1) is 18.0. The summed E-state index contributed by atoms with van der Waals surface area (Å²) in [6, 6.07) is 0. The summed E-state index contributed by atoms with van der Waals surface area (Å²) in [6.45, 7) is 0. The second kappa shape index (κ2) is 13.7. The van der Waals surface area contributed by atoms with Gasteiger partial charge >= 0.3 is 20.4 Å². The van der Waals surface area contributed by atoms with Gasteiger partial charge in [0.05, 0.1) is 0 Å². The number of hydrogen-bond acceptors (Lipinski definition) is 0. The maximum Gasteiger partial charge on any atom is 2.00 e. The quantitative estimate of drug-likeness (QED) is 0.308. The zero-order chi connectivity index (χ0) is 5.66. The van der Waals surface area contributed by atoms with E-state index in [0.29, 0.717) is 0 Å². The van der Waals surface area contributed by atoms with Crippen LogP contribution in [-0.4, -0.2) is 0 Å². The smallest absolute Gasteiger partial charge is 1.00 e. The van der Waals surface area contributed by atoms with E-state index in [-0.39, 0.29) is 54.4 Å². The molecule has 0 bridgehead atoms. The van der Waals surface area contributed by atoms with Gasteiger partial charge in [-0.1, -0.05) is 24.3 Å². The molecular formula is C8H12Br2Pd. The van der Waals surface area contributed by atoms with Crippen molar-refractivity contribution in [3.8, 4) is 0 Å². The molecule has 0 amide bonds. The molecule has 0 unspecified atom stereocenters. The van der Waals surface area contributed by atoms with Crippen LogP contribution >= 0.6 is 0 Å². The summed E-state index contributed by atoms with van der Waals surface area (Å²) in [5.74, 6) is 0. The fourth-order valence-electron chi connectivity index (χ4n) is 0.856. The molecule has 0 nitrogen and oxygen atoms in total. The molecule has 1 aliphatic carbocycles. The zero-order valence-electron chi connectivity index (χ0n) is 6.21. The average molecular weight is 374 g/mol. The molecule has 0 saturated carbocycles. The Hall–Kier alpha value is 1.10. The Morgan fingerprint density at radius 1 is 0.545 bits per heavy atom. The Labute approximate surface area is 104 Å². The summed E-state index contributed by atoms with van der Waals surface area (Å²) >= 11 is 0. The fourth-order valence-corrected chi connectivity index (χ4v) is 0.856. The van der Waals surface area contributed by atoms with Gasteiger partial charge in [-0.15, -0.1) is 0 Å². The molecule has 0 aromatic heterocycles. The topological polar surface area (TPSA) is 0 Å². The van der Waals surface area contributed by atoms with Crippen molar-refractivity contribution >= 4 is 0 Å². The number of allylic oxidation sites excluding steroid dienone is 4. The maximum atomic E-state index is 2.27. The van der Waals surface area contributed by atoms with Gasteiger partial charge in [0.1, 0.15) is 0 Å². The summed E-state index contributed by atoms with van der Waals surface area (Å²) < 4.78 is 0. The summed E-state index contributed by atoms with van der Waals surface area (Å²) in [6.07, 6.45) is 14.0.